The summed E-state index contributed by atoms with van der Waals surface area (Å²) >= 11 is 0. The largest absolute Gasteiger partial charge is 0.351 e. The molecule has 1 aliphatic carbocycles. The van der Waals surface area contributed by atoms with Crippen LogP contribution >= 0.6 is 0 Å². The van der Waals surface area contributed by atoms with Crippen LogP contribution in [0.3, 0.4) is 0 Å². The third-order valence-corrected chi connectivity index (χ3v) is 6.63. The predicted octanol–water partition coefficient (Wildman–Crippen LogP) is 5.27. The maximum absolute atomic E-state index is 14.0. The van der Waals surface area contributed by atoms with Gasteiger partial charge in [0, 0.05) is 36.6 Å². The van der Waals surface area contributed by atoms with E-state index in [1.807, 2.05) is 53.6 Å². The first-order valence-electron chi connectivity index (χ1n) is 12.4. The van der Waals surface area contributed by atoms with E-state index < -0.39 is 0 Å². The second-order valence-corrected chi connectivity index (χ2v) is 9.19. The summed E-state index contributed by atoms with van der Waals surface area (Å²) in [5.74, 6) is 0.787. The number of rotatable bonds is 7. The van der Waals surface area contributed by atoms with Crippen LogP contribution in [0.25, 0.3) is 0 Å². The zero-order chi connectivity index (χ0) is 24.9. The first kappa shape index (κ1) is 23.5. The van der Waals surface area contributed by atoms with Crippen LogP contribution in [0.1, 0.15) is 36.8 Å². The second-order valence-electron chi connectivity index (χ2n) is 9.19. The standard InChI is InChI=1S/C28H30N6O2/c1-2-25(35)30-23-13-8-14-24(17-23)34-26-21(18-29-27(32-26)31-22-11-6-7-12-22)15-16-33(28(34)36)19-20-9-4-3-5-10-20/h2-5,8-10,13-14,17-18,22H,1,6-7,11-12,15-16,19H2,(H,30,35)(H,29,31,32). The number of anilines is 4. The van der Waals surface area contributed by atoms with Gasteiger partial charge in [-0.1, -0.05) is 55.8 Å². The van der Waals surface area contributed by atoms with Gasteiger partial charge in [0.05, 0.1) is 5.69 Å². The molecule has 8 nitrogen and oxygen atoms in total. The second kappa shape index (κ2) is 10.6. The van der Waals surface area contributed by atoms with E-state index in [1.165, 1.54) is 18.9 Å². The van der Waals surface area contributed by atoms with Crippen molar-refractivity contribution in [3.63, 3.8) is 0 Å². The highest BCUT2D eigenvalue weighted by atomic mass is 16.2. The zero-order valence-electron chi connectivity index (χ0n) is 20.2. The zero-order valence-corrected chi connectivity index (χ0v) is 20.2. The number of aromatic nitrogens is 2. The van der Waals surface area contributed by atoms with Gasteiger partial charge in [-0.2, -0.15) is 4.98 Å². The number of fused-ring (bicyclic) bond motifs is 1. The van der Waals surface area contributed by atoms with Crippen LogP contribution in [0, 0.1) is 0 Å². The molecule has 2 N–H and O–H groups in total. The van der Waals surface area contributed by atoms with E-state index in [4.69, 9.17) is 4.98 Å². The predicted molar refractivity (Wildman–Crippen MR) is 141 cm³/mol. The Morgan fingerprint density at radius 3 is 2.69 bits per heavy atom. The lowest BCUT2D eigenvalue weighted by Crippen LogP contribution is -2.40. The number of benzene rings is 2. The molecule has 0 bridgehead atoms. The van der Waals surface area contributed by atoms with Gasteiger partial charge in [-0.3, -0.25) is 4.79 Å². The van der Waals surface area contributed by atoms with Crippen LogP contribution in [0.2, 0.25) is 0 Å². The van der Waals surface area contributed by atoms with E-state index in [0.29, 0.717) is 48.7 Å². The van der Waals surface area contributed by atoms with Gasteiger partial charge < -0.3 is 15.5 Å². The molecule has 3 amide bonds. The molecule has 1 aromatic heterocycles. The van der Waals surface area contributed by atoms with Crippen LogP contribution in [-0.2, 0) is 17.8 Å². The summed E-state index contributed by atoms with van der Waals surface area (Å²) in [7, 11) is 0. The average molecular weight is 483 g/mol. The highest BCUT2D eigenvalue weighted by Crippen LogP contribution is 2.34. The van der Waals surface area contributed by atoms with Gasteiger partial charge in [0.15, 0.2) is 0 Å². The Morgan fingerprint density at radius 2 is 1.92 bits per heavy atom. The van der Waals surface area contributed by atoms with E-state index in [-0.39, 0.29) is 11.9 Å². The molecule has 1 aliphatic heterocycles. The van der Waals surface area contributed by atoms with Gasteiger partial charge in [0.25, 0.3) is 0 Å². The summed E-state index contributed by atoms with van der Waals surface area (Å²) in [5, 5.41) is 6.24. The van der Waals surface area contributed by atoms with Crippen LogP contribution in [0.5, 0.6) is 0 Å². The lowest BCUT2D eigenvalue weighted by Gasteiger charge is -2.28. The Morgan fingerprint density at radius 1 is 1.11 bits per heavy atom. The van der Waals surface area contributed by atoms with Crippen LogP contribution in [0.15, 0.2) is 73.4 Å². The van der Waals surface area contributed by atoms with Crippen LogP contribution < -0.4 is 15.5 Å². The van der Waals surface area contributed by atoms with E-state index in [1.54, 1.807) is 17.0 Å². The van der Waals surface area contributed by atoms with E-state index in [0.717, 1.165) is 24.0 Å². The van der Waals surface area contributed by atoms with Gasteiger partial charge >= 0.3 is 6.03 Å². The molecule has 184 valence electrons. The molecule has 2 heterocycles. The monoisotopic (exact) mass is 482 g/mol. The number of urea groups is 1. The summed E-state index contributed by atoms with van der Waals surface area (Å²) in [6.07, 6.45) is 8.28. The van der Waals surface area contributed by atoms with Crippen molar-refractivity contribution in [2.45, 2.75) is 44.7 Å². The topological polar surface area (TPSA) is 90.5 Å². The van der Waals surface area contributed by atoms with Crippen molar-refractivity contribution in [1.82, 2.24) is 14.9 Å². The smallest absolute Gasteiger partial charge is 0.330 e. The molecule has 0 saturated heterocycles. The third kappa shape index (κ3) is 5.22. The molecular weight excluding hydrogens is 452 g/mol. The number of carbonyl (C=O) groups excluding carboxylic acids is 2. The normalized spacial score (nSPS) is 15.8. The SMILES string of the molecule is C=CC(=O)Nc1cccc(N2C(=O)N(Cc3ccccc3)CCc3cnc(NC4CCCC4)nc32)c1. The number of hydrogen-bond donors (Lipinski definition) is 2. The molecule has 1 fully saturated rings. The fourth-order valence-corrected chi connectivity index (χ4v) is 4.77. The fourth-order valence-electron chi connectivity index (χ4n) is 4.77. The molecule has 0 unspecified atom stereocenters. The Labute approximate surface area is 211 Å². The molecule has 2 aliphatic rings. The van der Waals surface area contributed by atoms with Crippen LogP contribution in [-0.4, -0.2) is 39.4 Å². The summed E-state index contributed by atoms with van der Waals surface area (Å²) in [6.45, 7) is 4.55. The maximum Gasteiger partial charge on any atom is 0.330 e. The minimum atomic E-state index is -0.314. The first-order chi connectivity index (χ1) is 17.6. The number of nitrogens with zero attached hydrogens (tertiary/aromatic N) is 4. The molecule has 0 spiro atoms. The van der Waals surface area contributed by atoms with Crippen molar-refractivity contribution in [1.29, 1.82) is 0 Å². The number of hydrogen-bond acceptors (Lipinski definition) is 5. The maximum atomic E-state index is 14.0. The molecule has 2 aromatic carbocycles. The molecule has 5 rings (SSSR count). The molecular formula is C28H30N6O2. The highest BCUT2D eigenvalue weighted by Gasteiger charge is 2.31. The third-order valence-electron chi connectivity index (χ3n) is 6.63. The molecule has 1 saturated carbocycles. The average Bonchev–Trinajstić information content (AvgIpc) is 3.36. The van der Waals surface area contributed by atoms with Gasteiger partial charge in [-0.05, 0) is 49.1 Å². The Hall–Kier alpha value is -4.20. The molecule has 0 radical (unpaired) electrons. The van der Waals surface area contributed by atoms with Gasteiger partial charge in [0.1, 0.15) is 5.82 Å². The first-order valence-corrected chi connectivity index (χ1v) is 12.4. The fraction of sp³-hybridized carbons (Fsp3) is 0.286. The number of amides is 3. The van der Waals surface area contributed by atoms with E-state index in [9.17, 15) is 9.59 Å². The van der Waals surface area contributed by atoms with Gasteiger partial charge in [0.2, 0.25) is 11.9 Å². The Bertz CT molecular complexity index is 1260. The van der Waals surface area contributed by atoms with Gasteiger partial charge in [-0.15, -0.1) is 0 Å². The number of carbonyl (C=O) groups is 2. The van der Waals surface area contributed by atoms with E-state index >= 15 is 0 Å². The molecule has 8 heteroatoms. The summed E-state index contributed by atoms with van der Waals surface area (Å²) in [6, 6.07) is 17.4. The van der Waals surface area contributed by atoms with E-state index in [2.05, 4.69) is 22.2 Å². The summed E-state index contributed by atoms with van der Waals surface area (Å²) in [5.41, 5.74) is 3.15. The molecule has 0 atom stereocenters. The van der Waals surface area contributed by atoms with Gasteiger partial charge in [-0.25, -0.2) is 14.7 Å². The summed E-state index contributed by atoms with van der Waals surface area (Å²) < 4.78 is 0. The summed E-state index contributed by atoms with van der Waals surface area (Å²) in [4.78, 5) is 38.8. The lowest BCUT2D eigenvalue weighted by molar-refractivity contribution is -0.111. The highest BCUT2D eigenvalue weighted by molar-refractivity contribution is 6.02. The Balaban J connectivity index is 1.53. The van der Waals surface area contributed by atoms with Crippen molar-refractivity contribution in [2.24, 2.45) is 0 Å². The van der Waals surface area contributed by atoms with Crippen molar-refractivity contribution >= 4 is 35.1 Å². The quantitative estimate of drug-likeness (QED) is 0.448. The van der Waals surface area contributed by atoms with Crippen molar-refractivity contribution in [3.05, 3.63) is 84.6 Å². The van der Waals surface area contributed by atoms with Crippen molar-refractivity contribution in [3.8, 4) is 0 Å². The van der Waals surface area contributed by atoms with Crippen molar-refractivity contribution < 1.29 is 9.59 Å². The number of nitrogens with one attached hydrogen (secondary N) is 2. The minimum absolute atomic E-state index is 0.171. The molecule has 36 heavy (non-hydrogen) atoms. The Kier molecular flexibility index (Phi) is 6.93. The lowest BCUT2D eigenvalue weighted by atomic mass is 10.2. The minimum Gasteiger partial charge on any atom is -0.351 e. The van der Waals surface area contributed by atoms with Crippen molar-refractivity contribution in [2.75, 3.05) is 22.1 Å². The molecule has 3 aromatic rings. The van der Waals surface area contributed by atoms with Crippen LogP contribution in [0.4, 0.5) is 27.9 Å².